The molecule has 0 amide bonds. The Balaban J connectivity index is 2.83. The van der Waals surface area contributed by atoms with Gasteiger partial charge >= 0.3 is 0 Å². The Kier molecular flexibility index (Phi) is 9.84. The zero-order chi connectivity index (χ0) is 21.4. The third kappa shape index (κ3) is 7.66. The van der Waals surface area contributed by atoms with Crippen molar-refractivity contribution in [3.63, 3.8) is 0 Å². The second kappa shape index (κ2) is 11.1. The zero-order valence-electron chi connectivity index (χ0n) is 18.8. The molecule has 5 nitrogen and oxygen atoms in total. The summed E-state index contributed by atoms with van der Waals surface area (Å²) in [5, 5.41) is 0.106. The van der Waals surface area contributed by atoms with Crippen LogP contribution >= 0.6 is 0 Å². The molecular weight excluding hydrogens is 372 g/mol. The van der Waals surface area contributed by atoms with Gasteiger partial charge in [0.2, 0.25) is 0 Å². The lowest BCUT2D eigenvalue weighted by Crippen LogP contribution is -2.46. The minimum atomic E-state index is -1.95. The molecule has 0 heterocycles. The first kappa shape index (κ1) is 24.8. The maximum absolute atomic E-state index is 11.5. The Morgan fingerprint density at radius 1 is 1.11 bits per heavy atom. The Labute approximate surface area is 171 Å². The van der Waals surface area contributed by atoms with Gasteiger partial charge in [0.05, 0.1) is 32.5 Å². The van der Waals surface area contributed by atoms with Crippen LogP contribution < -0.4 is 4.74 Å². The number of hydrogen-bond donors (Lipinski definition) is 0. The normalized spacial score (nSPS) is 15.7. The molecule has 3 atom stereocenters. The van der Waals surface area contributed by atoms with Crippen molar-refractivity contribution in [1.82, 2.24) is 0 Å². The van der Waals surface area contributed by atoms with Crippen molar-refractivity contribution in [2.75, 3.05) is 20.8 Å². The maximum atomic E-state index is 11.5. The van der Waals surface area contributed by atoms with Gasteiger partial charge in [0.1, 0.15) is 12.0 Å². The van der Waals surface area contributed by atoms with Crippen molar-refractivity contribution in [3.8, 4) is 5.75 Å². The maximum Gasteiger partial charge on any atom is 0.192 e. The fraction of sp³-hybridized carbons (Fsp3) is 0.682. The smallest absolute Gasteiger partial charge is 0.192 e. The summed E-state index contributed by atoms with van der Waals surface area (Å²) in [6.07, 6.45) is 1.24. The number of aldehydes is 1. The average Bonchev–Trinajstić information content (AvgIpc) is 2.63. The second-order valence-electron chi connectivity index (χ2n) is 8.88. The topological polar surface area (TPSA) is 54.0 Å². The van der Waals surface area contributed by atoms with Gasteiger partial charge in [-0.3, -0.25) is 0 Å². The molecule has 1 aromatic carbocycles. The molecule has 0 spiro atoms. The van der Waals surface area contributed by atoms with Gasteiger partial charge in [0.15, 0.2) is 8.32 Å². The van der Waals surface area contributed by atoms with Crippen LogP contribution in [-0.4, -0.2) is 47.6 Å². The highest BCUT2D eigenvalue weighted by atomic mass is 28.4. The Hall–Kier alpha value is -1.21. The third-order valence-electron chi connectivity index (χ3n) is 5.54. The highest BCUT2D eigenvalue weighted by Gasteiger charge is 2.40. The first-order chi connectivity index (χ1) is 13.0. The van der Waals surface area contributed by atoms with Gasteiger partial charge in [0.25, 0.3) is 0 Å². The number of benzene rings is 1. The van der Waals surface area contributed by atoms with Crippen molar-refractivity contribution < 1.29 is 23.4 Å². The van der Waals surface area contributed by atoms with Crippen molar-refractivity contribution in [1.29, 1.82) is 0 Å². The number of hydrogen-bond acceptors (Lipinski definition) is 5. The van der Waals surface area contributed by atoms with E-state index in [-0.39, 0.29) is 23.2 Å². The van der Waals surface area contributed by atoms with Gasteiger partial charge < -0.3 is 23.4 Å². The van der Waals surface area contributed by atoms with Crippen LogP contribution in [0.5, 0.6) is 5.75 Å². The van der Waals surface area contributed by atoms with Gasteiger partial charge in [-0.25, -0.2) is 0 Å². The number of carbonyl (C=O) groups excluding carboxylic acids is 1. The Bertz CT molecular complexity index is 580. The first-order valence-corrected chi connectivity index (χ1v) is 12.8. The summed E-state index contributed by atoms with van der Waals surface area (Å²) in [5.41, 5.74) is 1.04. The lowest BCUT2D eigenvalue weighted by Gasteiger charge is -2.40. The summed E-state index contributed by atoms with van der Waals surface area (Å²) < 4.78 is 23.3. The molecule has 0 aliphatic rings. The molecule has 1 aromatic rings. The Morgan fingerprint density at radius 3 is 2.18 bits per heavy atom. The summed E-state index contributed by atoms with van der Waals surface area (Å²) >= 11 is 0. The molecular formula is C22H38O5Si. The molecule has 0 bridgehead atoms. The fourth-order valence-electron chi connectivity index (χ4n) is 2.64. The van der Waals surface area contributed by atoms with E-state index in [0.717, 1.165) is 17.6 Å². The Morgan fingerprint density at radius 2 is 1.71 bits per heavy atom. The van der Waals surface area contributed by atoms with E-state index in [2.05, 4.69) is 33.9 Å². The zero-order valence-corrected chi connectivity index (χ0v) is 19.8. The van der Waals surface area contributed by atoms with Crippen LogP contribution in [0.15, 0.2) is 24.3 Å². The summed E-state index contributed by atoms with van der Waals surface area (Å²) in [6.45, 7) is 13.9. The minimum Gasteiger partial charge on any atom is -0.497 e. The largest absolute Gasteiger partial charge is 0.497 e. The van der Waals surface area contributed by atoms with Crippen LogP contribution in [-0.2, 0) is 25.3 Å². The van der Waals surface area contributed by atoms with Gasteiger partial charge in [-0.1, -0.05) is 39.8 Å². The molecule has 0 aromatic heterocycles. The predicted molar refractivity (Wildman–Crippen MR) is 115 cm³/mol. The number of ether oxygens (including phenoxy) is 3. The lowest BCUT2D eigenvalue weighted by atomic mass is 10.0. The summed E-state index contributed by atoms with van der Waals surface area (Å²) in [7, 11) is 1.37. The molecule has 1 rings (SSSR count). The summed E-state index contributed by atoms with van der Waals surface area (Å²) in [6, 6.07) is 7.76. The minimum absolute atomic E-state index is 0.103. The molecule has 0 radical (unpaired) electrons. The molecule has 0 saturated heterocycles. The van der Waals surface area contributed by atoms with E-state index in [1.807, 2.05) is 31.2 Å². The number of carbonyl (C=O) groups is 1. The molecule has 0 aliphatic carbocycles. The fourth-order valence-corrected chi connectivity index (χ4v) is 3.99. The van der Waals surface area contributed by atoms with E-state index in [1.54, 1.807) is 14.2 Å². The molecule has 0 saturated carbocycles. The SMILES string of the molecule is COC[C@@H](C[C@@H](OCc1ccc(OC)cc1)[C@H](C)C=O)O[Si](C)(C)C(C)(C)C. The van der Waals surface area contributed by atoms with Gasteiger partial charge in [0, 0.05) is 19.4 Å². The van der Waals surface area contributed by atoms with Gasteiger partial charge in [-0.05, 0) is 35.8 Å². The van der Waals surface area contributed by atoms with E-state index in [0.29, 0.717) is 19.6 Å². The lowest BCUT2D eigenvalue weighted by molar-refractivity contribution is -0.117. The highest BCUT2D eigenvalue weighted by molar-refractivity contribution is 6.74. The first-order valence-electron chi connectivity index (χ1n) is 9.90. The molecule has 28 heavy (non-hydrogen) atoms. The van der Waals surface area contributed by atoms with E-state index >= 15 is 0 Å². The molecule has 0 fully saturated rings. The quantitative estimate of drug-likeness (QED) is 0.364. The van der Waals surface area contributed by atoms with Crippen LogP contribution in [0.2, 0.25) is 18.1 Å². The van der Waals surface area contributed by atoms with Gasteiger partial charge in [-0.15, -0.1) is 0 Å². The van der Waals surface area contributed by atoms with E-state index in [1.165, 1.54) is 0 Å². The molecule has 0 N–H and O–H groups in total. The van der Waals surface area contributed by atoms with Crippen LogP contribution in [0.4, 0.5) is 0 Å². The monoisotopic (exact) mass is 410 g/mol. The van der Waals surface area contributed by atoms with E-state index in [9.17, 15) is 4.79 Å². The second-order valence-corrected chi connectivity index (χ2v) is 13.6. The third-order valence-corrected chi connectivity index (χ3v) is 10.1. The van der Waals surface area contributed by atoms with Crippen molar-refractivity contribution in [3.05, 3.63) is 29.8 Å². The molecule has 0 aliphatic heterocycles. The van der Waals surface area contributed by atoms with Crippen LogP contribution in [0, 0.1) is 5.92 Å². The van der Waals surface area contributed by atoms with Crippen LogP contribution in [0.1, 0.15) is 39.7 Å². The van der Waals surface area contributed by atoms with E-state index in [4.69, 9.17) is 18.6 Å². The van der Waals surface area contributed by atoms with Crippen molar-refractivity contribution in [2.24, 2.45) is 5.92 Å². The molecule has 160 valence electrons. The highest BCUT2D eigenvalue weighted by Crippen LogP contribution is 2.38. The number of methoxy groups -OCH3 is 2. The van der Waals surface area contributed by atoms with Crippen LogP contribution in [0.25, 0.3) is 0 Å². The average molecular weight is 411 g/mol. The standard InChI is InChI=1S/C22H38O5Si/c1-17(14-23)21(26-15-18-9-11-19(25-6)12-10-18)13-20(16-24-5)27-28(7,8)22(2,3)4/h9-12,14,17,20-21H,13,15-16H2,1-8H3/t17-,20-,21-/m1/s1. The molecule has 0 unspecified atom stereocenters. The van der Waals surface area contributed by atoms with Crippen LogP contribution in [0.3, 0.4) is 0 Å². The summed E-state index contributed by atoms with van der Waals surface area (Å²) in [5.74, 6) is 0.588. The van der Waals surface area contributed by atoms with Gasteiger partial charge in [-0.2, -0.15) is 0 Å². The van der Waals surface area contributed by atoms with Crippen molar-refractivity contribution >= 4 is 14.6 Å². The summed E-state index contributed by atoms with van der Waals surface area (Å²) in [4.78, 5) is 11.5. The predicted octanol–water partition coefficient (Wildman–Crippen LogP) is 4.84. The van der Waals surface area contributed by atoms with Crippen molar-refractivity contribution in [2.45, 2.75) is 71.1 Å². The van der Waals surface area contributed by atoms with E-state index < -0.39 is 8.32 Å². The molecule has 6 heteroatoms. The number of rotatable bonds is 12.